The van der Waals surface area contributed by atoms with E-state index >= 15 is 0 Å². The molecule has 0 saturated carbocycles. The van der Waals surface area contributed by atoms with Crippen molar-refractivity contribution in [3.63, 3.8) is 0 Å². The fraction of sp³-hybridized carbons (Fsp3) is 0.440. The number of aldehydes is 1. The molecule has 2 aliphatic heterocycles. The fourth-order valence-corrected chi connectivity index (χ4v) is 3.77. The summed E-state index contributed by atoms with van der Waals surface area (Å²) in [6.45, 7) is 6.56. The first kappa shape index (κ1) is 21.3. The van der Waals surface area contributed by atoms with Gasteiger partial charge in [0.25, 0.3) is 0 Å². The summed E-state index contributed by atoms with van der Waals surface area (Å²) >= 11 is 0. The zero-order valence-corrected chi connectivity index (χ0v) is 17.8. The molecule has 2 aromatic carbocycles. The lowest BCUT2D eigenvalue weighted by Crippen LogP contribution is -2.30. The third-order valence-corrected chi connectivity index (χ3v) is 5.58. The average Bonchev–Trinajstić information content (AvgIpc) is 3.11. The van der Waals surface area contributed by atoms with Crippen LogP contribution in [0.1, 0.15) is 54.6 Å². The number of oxime groups is 1. The first-order valence-electron chi connectivity index (χ1n) is 10.5. The van der Waals surface area contributed by atoms with Crippen molar-refractivity contribution < 1.29 is 9.63 Å². The minimum absolute atomic E-state index is 0.210. The SMILES string of the molecule is CC1(C)CC(c2ccc(C=O)cc2)=NO1.CN1CCC(Cc2ccccc2)CC1. The van der Waals surface area contributed by atoms with Gasteiger partial charge in [0.15, 0.2) is 0 Å². The van der Waals surface area contributed by atoms with Crippen LogP contribution in [0, 0.1) is 5.92 Å². The van der Waals surface area contributed by atoms with Crippen LogP contribution in [-0.2, 0) is 11.3 Å². The zero-order chi connectivity index (χ0) is 20.7. The molecule has 1 fully saturated rings. The zero-order valence-electron chi connectivity index (χ0n) is 17.8. The third kappa shape index (κ3) is 6.53. The number of hydrogen-bond donors (Lipinski definition) is 0. The Hall–Kier alpha value is -2.46. The van der Waals surface area contributed by atoms with Gasteiger partial charge in [-0.2, -0.15) is 0 Å². The van der Waals surface area contributed by atoms with E-state index in [1.165, 1.54) is 37.9 Å². The molecule has 2 aromatic rings. The Bertz CT molecular complexity index is 804. The number of carbonyl (C=O) groups excluding carboxylic acids is 1. The van der Waals surface area contributed by atoms with E-state index in [1.807, 2.05) is 26.0 Å². The second kappa shape index (κ2) is 9.84. The molecule has 4 nitrogen and oxygen atoms in total. The molecule has 2 heterocycles. The van der Waals surface area contributed by atoms with Crippen molar-refractivity contribution in [1.82, 2.24) is 4.90 Å². The molecular formula is C25H32N2O2. The molecule has 0 aromatic heterocycles. The van der Waals surface area contributed by atoms with Crippen molar-refractivity contribution in [2.45, 2.75) is 45.1 Å². The molecule has 0 aliphatic carbocycles. The monoisotopic (exact) mass is 392 g/mol. The summed E-state index contributed by atoms with van der Waals surface area (Å²) in [5, 5.41) is 4.04. The largest absolute Gasteiger partial charge is 0.389 e. The quantitative estimate of drug-likeness (QED) is 0.690. The van der Waals surface area contributed by atoms with Gasteiger partial charge in [-0.05, 0) is 70.3 Å². The van der Waals surface area contributed by atoms with Crippen molar-refractivity contribution in [2.24, 2.45) is 11.1 Å². The number of rotatable bonds is 4. The van der Waals surface area contributed by atoms with Crippen LogP contribution in [0.3, 0.4) is 0 Å². The number of carbonyl (C=O) groups is 1. The van der Waals surface area contributed by atoms with E-state index in [1.54, 1.807) is 12.1 Å². The fourth-order valence-electron chi connectivity index (χ4n) is 3.77. The number of piperidine rings is 1. The highest BCUT2D eigenvalue weighted by atomic mass is 16.7. The lowest BCUT2D eigenvalue weighted by Gasteiger charge is -2.28. The lowest BCUT2D eigenvalue weighted by molar-refractivity contribution is 0.0123. The summed E-state index contributed by atoms with van der Waals surface area (Å²) in [5.74, 6) is 0.911. The average molecular weight is 393 g/mol. The molecule has 2 aliphatic rings. The van der Waals surface area contributed by atoms with Gasteiger partial charge in [-0.25, -0.2) is 0 Å². The van der Waals surface area contributed by atoms with Crippen LogP contribution in [0.4, 0.5) is 0 Å². The maximum Gasteiger partial charge on any atom is 0.150 e. The summed E-state index contributed by atoms with van der Waals surface area (Å²) in [5.41, 5.74) is 3.93. The van der Waals surface area contributed by atoms with Gasteiger partial charge in [0.1, 0.15) is 11.9 Å². The molecular weight excluding hydrogens is 360 g/mol. The van der Waals surface area contributed by atoms with E-state index in [0.717, 1.165) is 29.9 Å². The molecule has 0 atom stereocenters. The van der Waals surface area contributed by atoms with E-state index in [2.05, 4.69) is 47.4 Å². The van der Waals surface area contributed by atoms with Gasteiger partial charge in [-0.1, -0.05) is 59.8 Å². The molecule has 0 spiro atoms. The van der Waals surface area contributed by atoms with Crippen molar-refractivity contribution in [3.8, 4) is 0 Å². The number of hydrogen-bond acceptors (Lipinski definition) is 4. The first-order valence-corrected chi connectivity index (χ1v) is 10.5. The molecule has 0 radical (unpaired) electrons. The van der Waals surface area contributed by atoms with E-state index in [-0.39, 0.29) is 5.60 Å². The highest BCUT2D eigenvalue weighted by Crippen LogP contribution is 2.25. The van der Waals surface area contributed by atoms with Crippen molar-refractivity contribution in [1.29, 1.82) is 0 Å². The Kier molecular flexibility index (Phi) is 7.21. The minimum Gasteiger partial charge on any atom is -0.389 e. The maximum absolute atomic E-state index is 10.5. The predicted molar refractivity (Wildman–Crippen MR) is 119 cm³/mol. The van der Waals surface area contributed by atoms with Crippen LogP contribution < -0.4 is 0 Å². The Morgan fingerprint density at radius 3 is 2.28 bits per heavy atom. The van der Waals surface area contributed by atoms with Crippen LogP contribution in [0.25, 0.3) is 0 Å². The summed E-state index contributed by atoms with van der Waals surface area (Å²) in [7, 11) is 2.22. The molecule has 154 valence electrons. The Balaban J connectivity index is 0.000000166. The van der Waals surface area contributed by atoms with Crippen LogP contribution in [0.2, 0.25) is 0 Å². The van der Waals surface area contributed by atoms with E-state index < -0.39 is 0 Å². The highest BCUT2D eigenvalue weighted by molar-refractivity contribution is 6.01. The van der Waals surface area contributed by atoms with Gasteiger partial charge in [-0.3, -0.25) is 4.79 Å². The molecule has 29 heavy (non-hydrogen) atoms. The third-order valence-electron chi connectivity index (χ3n) is 5.58. The number of benzene rings is 2. The van der Waals surface area contributed by atoms with Gasteiger partial charge >= 0.3 is 0 Å². The van der Waals surface area contributed by atoms with E-state index in [4.69, 9.17) is 4.84 Å². The summed E-state index contributed by atoms with van der Waals surface area (Å²) in [4.78, 5) is 18.2. The van der Waals surface area contributed by atoms with Crippen molar-refractivity contribution >= 4 is 12.0 Å². The summed E-state index contributed by atoms with van der Waals surface area (Å²) in [6, 6.07) is 18.2. The van der Waals surface area contributed by atoms with E-state index in [9.17, 15) is 4.79 Å². The standard InChI is InChI=1S/C13H19N.C12H13NO2/c1-14-9-7-13(8-10-14)11-12-5-3-2-4-6-12;1-12(2)7-11(13-15-12)10-5-3-9(8-14)4-6-10/h2-6,13H,7-11H2,1H3;3-6,8H,7H2,1-2H3. The number of likely N-dealkylation sites (tertiary alicyclic amines) is 1. The Labute approximate surface area is 174 Å². The number of nitrogens with zero attached hydrogens (tertiary/aromatic N) is 2. The summed E-state index contributed by atoms with van der Waals surface area (Å²) in [6.07, 6.45) is 5.64. The second-order valence-corrected chi connectivity index (χ2v) is 8.74. The molecule has 4 rings (SSSR count). The lowest BCUT2D eigenvalue weighted by atomic mass is 9.90. The summed E-state index contributed by atoms with van der Waals surface area (Å²) < 4.78 is 0. The van der Waals surface area contributed by atoms with Crippen LogP contribution in [0.5, 0.6) is 0 Å². The van der Waals surface area contributed by atoms with Gasteiger partial charge < -0.3 is 9.74 Å². The first-order chi connectivity index (χ1) is 13.9. The molecule has 0 amide bonds. The van der Waals surface area contributed by atoms with Gasteiger partial charge in [0.2, 0.25) is 0 Å². The van der Waals surface area contributed by atoms with Gasteiger partial charge in [0, 0.05) is 12.0 Å². The van der Waals surface area contributed by atoms with E-state index in [0.29, 0.717) is 5.56 Å². The Morgan fingerprint density at radius 1 is 1.07 bits per heavy atom. The van der Waals surface area contributed by atoms with Crippen LogP contribution in [0.15, 0.2) is 59.8 Å². The smallest absolute Gasteiger partial charge is 0.150 e. The molecule has 0 N–H and O–H groups in total. The van der Waals surface area contributed by atoms with Crippen LogP contribution >= 0.6 is 0 Å². The van der Waals surface area contributed by atoms with Crippen LogP contribution in [-0.4, -0.2) is 42.6 Å². The normalized spacial score (nSPS) is 18.9. The molecule has 4 heteroatoms. The molecule has 1 saturated heterocycles. The highest BCUT2D eigenvalue weighted by Gasteiger charge is 2.29. The van der Waals surface area contributed by atoms with Gasteiger partial charge in [-0.15, -0.1) is 0 Å². The topological polar surface area (TPSA) is 41.9 Å². The predicted octanol–water partition coefficient (Wildman–Crippen LogP) is 4.97. The Morgan fingerprint density at radius 2 is 1.72 bits per heavy atom. The van der Waals surface area contributed by atoms with Crippen molar-refractivity contribution in [3.05, 3.63) is 71.3 Å². The minimum atomic E-state index is -0.210. The second-order valence-electron chi connectivity index (χ2n) is 8.74. The molecule has 0 bridgehead atoms. The molecule has 0 unspecified atom stereocenters. The van der Waals surface area contributed by atoms with Crippen molar-refractivity contribution in [2.75, 3.05) is 20.1 Å². The van der Waals surface area contributed by atoms with Gasteiger partial charge in [0.05, 0.1) is 5.71 Å². The maximum atomic E-state index is 10.5.